The van der Waals surface area contributed by atoms with Crippen LogP contribution in [0.4, 0.5) is 0 Å². The van der Waals surface area contributed by atoms with Gasteiger partial charge in [0.1, 0.15) is 10.6 Å². The topological polar surface area (TPSA) is 66.8 Å². The van der Waals surface area contributed by atoms with Gasteiger partial charge in [-0.2, -0.15) is 4.31 Å². The lowest BCUT2D eigenvalue weighted by atomic mass is 9.92. The summed E-state index contributed by atoms with van der Waals surface area (Å²) < 4.78 is 31.6. The van der Waals surface area contributed by atoms with Crippen molar-refractivity contribution < 1.29 is 18.3 Å². The maximum absolute atomic E-state index is 12.6. The number of aryl methyl sites for hydroxylation is 1. The Morgan fingerprint density at radius 2 is 2.05 bits per heavy atom. The van der Waals surface area contributed by atoms with E-state index in [9.17, 15) is 13.5 Å². The van der Waals surface area contributed by atoms with Crippen LogP contribution in [0.1, 0.15) is 25.3 Å². The molecule has 0 saturated carbocycles. The van der Waals surface area contributed by atoms with E-state index in [1.165, 1.54) is 11.4 Å². The normalized spacial score (nSPS) is 18.6. The Bertz CT molecular complexity index is 591. The number of methoxy groups -OCH3 is 1. The minimum Gasteiger partial charge on any atom is -0.495 e. The maximum Gasteiger partial charge on any atom is 0.246 e. The van der Waals surface area contributed by atoms with Crippen LogP contribution < -0.4 is 4.74 Å². The largest absolute Gasteiger partial charge is 0.495 e. The summed E-state index contributed by atoms with van der Waals surface area (Å²) in [5.74, 6) is 0.335. The van der Waals surface area contributed by atoms with E-state index in [-0.39, 0.29) is 18.0 Å². The molecule has 1 fully saturated rings. The highest BCUT2D eigenvalue weighted by Crippen LogP contribution is 2.34. The van der Waals surface area contributed by atoms with Gasteiger partial charge in [0.25, 0.3) is 0 Å². The number of ether oxygens (including phenoxy) is 1. The summed E-state index contributed by atoms with van der Waals surface area (Å²) in [6, 6.07) is 5.06. The Balaban J connectivity index is 2.27. The summed E-state index contributed by atoms with van der Waals surface area (Å²) in [6.45, 7) is 4.11. The number of hydrogen-bond acceptors (Lipinski definition) is 4. The molecular formula is C14H21NO4S. The second-order valence-corrected chi connectivity index (χ2v) is 7.31. The van der Waals surface area contributed by atoms with Crippen LogP contribution >= 0.6 is 0 Å². The highest BCUT2D eigenvalue weighted by Gasteiger charge is 2.47. The molecule has 1 N–H and O–H groups in total. The summed E-state index contributed by atoms with van der Waals surface area (Å²) in [6.07, 6.45) is 1.45. The predicted molar refractivity (Wildman–Crippen MR) is 76.3 cm³/mol. The van der Waals surface area contributed by atoms with Gasteiger partial charge in [-0.15, -0.1) is 0 Å². The fourth-order valence-corrected chi connectivity index (χ4v) is 4.37. The smallest absolute Gasteiger partial charge is 0.246 e. The third-order valence-corrected chi connectivity index (χ3v) is 5.41. The number of benzene rings is 1. The van der Waals surface area contributed by atoms with Crippen molar-refractivity contribution in [3.8, 4) is 5.75 Å². The van der Waals surface area contributed by atoms with Crippen molar-refractivity contribution in [2.24, 2.45) is 0 Å². The molecule has 0 aromatic heterocycles. The molecule has 1 aliphatic heterocycles. The molecule has 1 aromatic rings. The van der Waals surface area contributed by atoms with Crippen molar-refractivity contribution in [3.63, 3.8) is 0 Å². The first kappa shape index (κ1) is 15.3. The zero-order valence-electron chi connectivity index (χ0n) is 12.1. The van der Waals surface area contributed by atoms with E-state index in [0.717, 1.165) is 12.0 Å². The summed E-state index contributed by atoms with van der Waals surface area (Å²) >= 11 is 0. The van der Waals surface area contributed by atoms with E-state index in [1.807, 2.05) is 13.8 Å². The van der Waals surface area contributed by atoms with Crippen molar-refractivity contribution in [1.29, 1.82) is 0 Å². The number of β-amino-alcohol motifs (C(OH)–C–C–N with tert-alkyl or cyclic N) is 1. The second kappa shape index (κ2) is 5.35. The van der Waals surface area contributed by atoms with Gasteiger partial charge >= 0.3 is 0 Å². The van der Waals surface area contributed by atoms with Gasteiger partial charge in [-0.1, -0.05) is 19.4 Å². The van der Waals surface area contributed by atoms with Crippen LogP contribution in [-0.4, -0.2) is 43.6 Å². The van der Waals surface area contributed by atoms with Crippen LogP contribution in [0.2, 0.25) is 0 Å². The Labute approximate surface area is 120 Å². The molecule has 0 unspecified atom stereocenters. The highest BCUT2D eigenvalue weighted by atomic mass is 32.2. The molecule has 0 spiro atoms. The van der Waals surface area contributed by atoms with E-state index < -0.39 is 15.6 Å². The summed E-state index contributed by atoms with van der Waals surface area (Å²) in [5, 5.41) is 10.1. The van der Waals surface area contributed by atoms with Gasteiger partial charge in [0.05, 0.1) is 12.7 Å². The minimum absolute atomic E-state index is 0.153. The average Bonchev–Trinajstić information content (AvgIpc) is 2.36. The fourth-order valence-electron chi connectivity index (χ4n) is 2.53. The molecule has 1 heterocycles. The number of hydrogen-bond donors (Lipinski definition) is 1. The molecule has 112 valence electrons. The molecule has 0 amide bonds. The minimum atomic E-state index is -3.61. The van der Waals surface area contributed by atoms with Gasteiger partial charge in [0, 0.05) is 13.1 Å². The Hall–Kier alpha value is -1.11. The SMILES string of the molecule is CCCC1(O)CN(S(=O)(=O)c2cc(C)ccc2OC)C1. The molecule has 1 aliphatic rings. The van der Waals surface area contributed by atoms with Gasteiger partial charge in [-0.05, 0) is 31.0 Å². The third-order valence-electron chi connectivity index (χ3n) is 3.59. The number of rotatable bonds is 5. The van der Waals surface area contributed by atoms with Crippen LogP contribution in [0.15, 0.2) is 23.1 Å². The predicted octanol–water partition coefficient (Wildman–Crippen LogP) is 1.54. The quantitative estimate of drug-likeness (QED) is 0.895. The van der Waals surface area contributed by atoms with Crippen LogP contribution in [-0.2, 0) is 10.0 Å². The van der Waals surface area contributed by atoms with E-state index in [1.54, 1.807) is 18.2 Å². The van der Waals surface area contributed by atoms with E-state index in [0.29, 0.717) is 12.2 Å². The molecule has 0 atom stereocenters. The standard InChI is InChI=1S/C14H21NO4S/c1-4-7-14(16)9-15(10-14)20(17,18)13-8-11(2)5-6-12(13)19-3/h5-6,8,16H,4,7,9-10H2,1-3H3. The Morgan fingerprint density at radius 1 is 1.40 bits per heavy atom. The molecule has 5 nitrogen and oxygen atoms in total. The summed E-state index contributed by atoms with van der Waals surface area (Å²) in [4.78, 5) is 0.165. The van der Waals surface area contributed by atoms with Crippen LogP contribution in [0, 0.1) is 6.92 Å². The molecule has 0 bridgehead atoms. The highest BCUT2D eigenvalue weighted by molar-refractivity contribution is 7.89. The van der Waals surface area contributed by atoms with E-state index >= 15 is 0 Å². The lowest BCUT2D eigenvalue weighted by Crippen LogP contribution is -2.63. The zero-order chi connectivity index (χ0) is 15.0. The zero-order valence-corrected chi connectivity index (χ0v) is 12.9. The van der Waals surface area contributed by atoms with Gasteiger partial charge in [0.15, 0.2) is 0 Å². The molecule has 2 rings (SSSR count). The van der Waals surface area contributed by atoms with Crippen molar-refractivity contribution in [2.75, 3.05) is 20.2 Å². The van der Waals surface area contributed by atoms with Crippen LogP contribution in [0.3, 0.4) is 0 Å². The molecule has 0 radical (unpaired) electrons. The number of nitrogens with zero attached hydrogens (tertiary/aromatic N) is 1. The van der Waals surface area contributed by atoms with Crippen molar-refractivity contribution >= 4 is 10.0 Å². The van der Waals surface area contributed by atoms with Crippen LogP contribution in [0.5, 0.6) is 5.75 Å². The number of sulfonamides is 1. The van der Waals surface area contributed by atoms with Gasteiger partial charge in [-0.3, -0.25) is 0 Å². The lowest BCUT2D eigenvalue weighted by molar-refractivity contribution is -0.0653. The van der Waals surface area contributed by atoms with Gasteiger partial charge in [-0.25, -0.2) is 8.42 Å². The van der Waals surface area contributed by atoms with E-state index in [2.05, 4.69) is 0 Å². The first-order chi connectivity index (χ1) is 9.32. The third kappa shape index (κ3) is 2.68. The monoisotopic (exact) mass is 299 g/mol. The van der Waals surface area contributed by atoms with Gasteiger partial charge in [0.2, 0.25) is 10.0 Å². The van der Waals surface area contributed by atoms with Crippen molar-refractivity contribution in [2.45, 2.75) is 37.2 Å². The summed E-state index contributed by atoms with van der Waals surface area (Å²) in [5.41, 5.74) is -0.0208. The molecular weight excluding hydrogens is 278 g/mol. The molecule has 6 heteroatoms. The molecule has 20 heavy (non-hydrogen) atoms. The average molecular weight is 299 g/mol. The second-order valence-electron chi connectivity index (χ2n) is 5.40. The molecule has 1 aromatic carbocycles. The molecule has 1 saturated heterocycles. The first-order valence-corrected chi connectivity index (χ1v) is 8.13. The maximum atomic E-state index is 12.6. The van der Waals surface area contributed by atoms with Crippen LogP contribution in [0.25, 0.3) is 0 Å². The fraction of sp³-hybridized carbons (Fsp3) is 0.571. The Kier molecular flexibility index (Phi) is 4.09. The lowest BCUT2D eigenvalue weighted by Gasteiger charge is -2.45. The molecule has 0 aliphatic carbocycles. The van der Waals surface area contributed by atoms with Crippen molar-refractivity contribution in [3.05, 3.63) is 23.8 Å². The van der Waals surface area contributed by atoms with Gasteiger partial charge < -0.3 is 9.84 Å². The first-order valence-electron chi connectivity index (χ1n) is 6.69. The number of aliphatic hydroxyl groups is 1. The Morgan fingerprint density at radius 3 is 2.60 bits per heavy atom. The summed E-state index contributed by atoms with van der Waals surface area (Å²) in [7, 11) is -2.16. The van der Waals surface area contributed by atoms with Crippen molar-refractivity contribution in [1.82, 2.24) is 4.31 Å². The van der Waals surface area contributed by atoms with E-state index in [4.69, 9.17) is 4.74 Å².